The van der Waals surface area contributed by atoms with Gasteiger partial charge in [0.15, 0.2) is 0 Å². The van der Waals surface area contributed by atoms with Crippen molar-refractivity contribution in [2.75, 3.05) is 19.6 Å². The topological polar surface area (TPSA) is 48.1 Å². The molecule has 0 spiro atoms. The van der Waals surface area contributed by atoms with Gasteiger partial charge in [0.05, 0.1) is 6.04 Å². The lowest BCUT2D eigenvalue weighted by Crippen LogP contribution is -2.50. The maximum atomic E-state index is 13.0. The zero-order chi connectivity index (χ0) is 20.4. The second kappa shape index (κ2) is 8.72. The Morgan fingerprint density at radius 1 is 1.21 bits per heavy atom. The van der Waals surface area contributed by atoms with Crippen LogP contribution in [0.4, 0.5) is 0 Å². The Balaban J connectivity index is 1.49. The van der Waals surface area contributed by atoms with Crippen molar-refractivity contribution < 1.29 is 4.79 Å². The molecule has 4 atom stereocenters. The van der Waals surface area contributed by atoms with Crippen LogP contribution in [-0.4, -0.2) is 41.5 Å². The summed E-state index contributed by atoms with van der Waals surface area (Å²) in [6, 6.07) is 12.5. The van der Waals surface area contributed by atoms with Crippen molar-refractivity contribution in [3.8, 4) is 0 Å². The summed E-state index contributed by atoms with van der Waals surface area (Å²) < 4.78 is 0. The predicted molar refractivity (Wildman–Crippen MR) is 121 cm³/mol. The number of hydrogen-bond donors (Lipinski definition) is 2. The van der Waals surface area contributed by atoms with E-state index in [1.807, 2.05) is 6.92 Å². The van der Waals surface area contributed by atoms with E-state index in [0.717, 1.165) is 25.2 Å². The zero-order valence-corrected chi connectivity index (χ0v) is 18.3. The van der Waals surface area contributed by atoms with Gasteiger partial charge in [-0.1, -0.05) is 38.1 Å². The Hall–Kier alpha value is -2.11. The largest absolute Gasteiger partial charge is 0.361 e. The van der Waals surface area contributed by atoms with Crippen LogP contribution in [-0.2, 0) is 4.79 Å². The number of rotatable bonds is 6. The minimum atomic E-state index is -0.180. The molecule has 0 saturated carbocycles. The Labute approximate surface area is 177 Å². The van der Waals surface area contributed by atoms with Gasteiger partial charge in [0, 0.05) is 47.5 Å². The van der Waals surface area contributed by atoms with E-state index in [-0.39, 0.29) is 17.9 Å². The third-order valence-electron chi connectivity index (χ3n) is 6.06. The number of piperidine rings is 1. The first-order valence-electron chi connectivity index (χ1n) is 10.6. The van der Waals surface area contributed by atoms with Crippen LogP contribution in [0.5, 0.6) is 0 Å². The molecule has 0 bridgehead atoms. The van der Waals surface area contributed by atoms with Crippen molar-refractivity contribution in [2.24, 2.45) is 11.8 Å². The van der Waals surface area contributed by atoms with Crippen molar-refractivity contribution in [3.05, 3.63) is 58.4 Å². The fraction of sp³-hybridized carbons (Fsp3) is 0.458. The van der Waals surface area contributed by atoms with E-state index >= 15 is 0 Å². The van der Waals surface area contributed by atoms with E-state index in [2.05, 4.69) is 77.0 Å². The van der Waals surface area contributed by atoms with Gasteiger partial charge in [-0.25, -0.2) is 0 Å². The number of aromatic amines is 1. The summed E-state index contributed by atoms with van der Waals surface area (Å²) in [6.07, 6.45) is 3.34. The molecule has 1 aliphatic heterocycles. The Kier molecular flexibility index (Phi) is 6.07. The van der Waals surface area contributed by atoms with Gasteiger partial charge in [0.2, 0.25) is 5.91 Å². The van der Waals surface area contributed by atoms with Gasteiger partial charge in [-0.15, -0.1) is 11.3 Å². The van der Waals surface area contributed by atoms with Crippen LogP contribution in [0.1, 0.15) is 43.6 Å². The highest BCUT2D eigenvalue weighted by Crippen LogP contribution is 2.33. The zero-order valence-electron chi connectivity index (χ0n) is 17.5. The third kappa shape index (κ3) is 4.41. The number of carbonyl (C=O) groups is 1. The van der Waals surface area contributed by atoms with Crippen molar-refractivity contribution in [1.29, 1.82) is 0 Å². The average molecular weight is 410 g/mol. The van der Waals surface area contributed by atoms with Crippen LogP contribution < -0.4 is 5.32 Å². The number of hydrogen-bond acceptors (Lipinski definition) is 3. The van der Waals surface area contributed by atoms with E-state index in [9.17, 15) is 4.79 Å². The highest BCUT2D eigenvalue weighted by atomic mass is 32.1. The number of nitrogens with one attached hydrogen (secondary N) is 2. The van der Waals surface area contributed by atoms with E-state index in [4.69, 9.17) is 0 Å². The standard InChI is InChI=1S/C24H31N3OS/c1-16-11-17(2)15-27(14-16)24(28)18(3)25-13-21(23-9-6-10-29-23)20-12-26-22-8-5-4-7-19(20)22/h4-10,12,16-18,21,25-26H,11,13-15H2,1-3H3/t16-,17-,18-,21-/m1/s1. The quantitative estimate of drug-likeness (QED) is 0.612. The van der Waals surface area contributed by atoms with Crippen LogP contribution in [0.25, 0.3) is 10.9 Å². The summed E-state index contributed by atoms with van der Waals surface area (Å²) in [7, 11) is 0. The molecule has 2 N–H and O–H groups in total. The van der Waals surface area contributed by atoms with Gasteiger partial charge in [0.25, 0.3) is 0 Å². The number of thiophene rings is 1. The minimum Gasteiger partial charge on any atom is -0.361 e. The maximum absolute atomic E-state index is 13.0. The molecule has 154 valence electrons. The van der Waals surface area contributed by atoms with Gasteiger partial charge >= 0.3 is 0 Å². The number of carbonyl (C=O) groups excluding carboxylic acids is 1. The number of benzene rings is 1. The molecule has 4 rings (SSSR count). The van der Waals surface area contributed by atoms with Gasteiger partial charge in [-0.3, -0.25) is 4.79 Å². The lowest BCUT2D eigenvalue weighted by Gasteiger charge is -2.36. The van der Waals surface area contributed by atoms with E-state index in [1.165, 1.54) is 22.2 Å². The van der Waals surface area contributed by atoms with Gasteiger partial charge in [-0.05, 0) is 48.3 Å². The Bertz CT molecular complexity index is 938. The first-order chi connectivity index (χ1) is 14.0. The highest BCUT2D eigenvalue weighted by molar-refractivity contribution is 7.10. The SMILES string of the molecule is C[C@@H]1C[C@@H](C)CN(C(=O)[C@@H](C)NC[C@@H](c2cccs2)c2c[nH]c3ccccc23)C1. The van der Waals surface area contributed by atoms with Crippen molar-refractivity contribution in [1.82, 2.24) is 15.2 Å². The molecule has 4 nitrogen and oxygen atoms in total. The number of amides is 1. The van der Waals surface area contributed by atoms with Crippen LogP contribution in [0.3, 0.4) is 0 Å². The monoisotopic (exact) mass is 409 g/mol. The van der Waals surface area contributed by atoms with Crippen LogP contribution in [0.15, 0.2) is 48.0 Å². The second-order valence-electron chi connectivity index (χ2n) is 8.68. The summed E-state index contributed by atoms with van der Waals surface area (Å²) in [5.41, 5.74) is 2.44. The predicted octanol–water partition coefficient (Wildman–Crippen LogP) is 4.84. The smallest absolute Gasteiger partial charge is 0.239 e. The Morgan fingerprint density at radius 3 is 2.69 bits per heavy atom. The van der Waals surface area contributed by atoms with E-state index < -0.39 is 0 Å². The van der Waals surface area contributed by atoms with E-state index in [1.54, 1.807) is 11.3 Å². The van der Waals surface area contributed by atoms with Crippen LogP contribution >= 0.6 is 11.3 Å². The summed E-state index contributed by atoms with van der Waals surface area (Å²) in [6.45, 7) is 9.01. The molecule has 1 amide bonds. The van der Waals surface area contributed by atoms with Crippen LogP contribution in [0, 0.1) is 11.8 Å². The number of nitrogens with zero attached hydrogens (tertiary/aromatic N) is 1. The molecule has 1 fully saturated rings. The number of likely N-dealkylation sites (tertiary alicyclic amines) is 1. The Morgan fingerprint density at radius 2 is 1.97 bits per heavy atom. The number of aromatic nitrogens is 1. The summed E-state index contributed by atoms with van der Waals surface area (Å²) in [5.74, 6) is 1.62. The number of fused-ring (bicyclic) bond motifs is 1. The van der Waals surface area contributed by atoms with Crippen molar-refractivity contribution in [3.63, 3.8) is 0 Å². The number of para-hydroxylation sites is 1. The molecule has 1 saturated heterocycles. The van der Waals surface area contributed by atoms with Crippen molar-refractivity contribution >= 4 is 28.1 Å². The fourth-order valence-electron chi connectivity index (χ4n) is 4.73. The molecule has 5 heteroatoms. The molecule has 3 aromatic rings. The average Bonchev–Trinajstić information content (AvgIpc) is 3.37. The second-order valence-corrected chi connectivity index (χ2v) is 9.66. The molecule has 1 aliphatic rings. The normalized spacial score (nSPS) is 22.0. The molecule has 0 aliphatic carbocycles. The minimum absolute atomic E-state index is 0.180. The molecule has 0 unspecified atom stereocenters. The number of H-pyrrole nitrogens is 1. The fourth-order valence-corrected chi connectivity index (χ4v) is 5.58. The molecular weight excluding hydrogens is 378 g/mol. The first kappa shape index (κ1) is 20.2. The maximum Gasteiger partial charge on any atom is 0.239 e. The lowest BCUT2D eigenvalue weighted by atomic mass is 9.91. The first-order valence-corrected chi connectivity index (χ1v) is 11.5. The van der Waals surface area contributed by atoms with Gasteiger partial charge < -0.3 is 15.2 Å². The lowest BCUT2D eigenvalue weighted by molar-refractivity contribution is -0.135. The summed E-state index contributed by atoms with van der Waals surface area (Å²) in [4.78, 5) is 19.8. The molecule has 29 heavy (non-hydrogen) atoms. The summed E-state index contributed by atoms with van der Waals surface area (Å²) >= 11 is 1.78. The van der Waals surface area contributed by atoms with E-state index in [0.29, 0.717) is 11.8 Å². The van der Waals surface area contributed by atoms with Crippen LogP contribution in [0.2, 0.25) is 0 Å². The molecule has 3 heterocycles. The summed E-state index contributed by atoms with van der Waals surface area (Å²) in [5, 5.41) is 6.93. The van der Waals surface area contributed by atoms with Gasteiger partial charge in [-0.2, -0.15) is 0 Å². The third-order valence-corrected chi connectivity index (χ3v) is 7.05. The van der Waals surface area contributed by atoms with Gasteiger partial charge in [0.1, 0.15) is 0 Å². The van der Waals surface area contributed by atoms with Crippen molar-refractivity contribution in [2.45, 2.75) is 39.2 Å². The highest BCUT2D eigenvalue weighted by Gasteiger charge is 2.29. The molecule has 0 radical (unpaired) electrons. The molecule has 2 aromatic heterocycles. The molecule has 1 aromatic carbocycles. The molecular formula is C24H31N3OS.